The molecule has 0 spiro atoms. The Balaban J connectivity index is 1.76. The van der Waals surface area contributed by atoms with Crippen molar-refractivity contribution >= 4 is 5.91 Å². The lowest BCUT2D eigenvalue weighted by Gasteiger charge is -2.46. The van der Waals surface area contributed by atoms with E-state index in [4.69, 9.17) is 18.9 Å². The van der Waals surface area contributed by atoms with E-state index in [0.29, 0.717) is 12.8 Å². The Morgan fingerprint density at radius 1 is 0.463 bits per heavy atom. The first-order valence-corrected chi connectivity index (χ1v) is 30.4. The van der Waals surface area contributed by atoms with Gasteiger partial charge in [-0.3, -0.25) is 4.79 Å². The van der Waals surface area contributed by atoms with Gasteiger partial charge in [-0.1, -0.05) is 205 Å². The molecule has 2 rings (SSSR count). The van der Waals surface area contributed by atoms with Crippen LogP contribution in [0.1, 0.15) is 181 Å². The standard InChI is InChI=1S/C66H107NO13/c1-3-5-7-9-11-13-15-17-19-20-21-22-23-24-25-26-27-28-29-30-31-32-33-34-36-38-40-42-44-46-48-50-58(71)67-54(55(70)49-47-45-43-41-39-37-35-18-16-14-12-10-8-6-4-2)53-77-65-63(76)61(74)64(57(52-69)79-65)80-66-62(75)60(73)59(72)56(51-68)78-66/h5,7,11,13,17,19,21-22,24-25,27-28,30-31,33-34,38-41,47,49,54-57,59-66,68-70,72-76H,3-4,6,8-10,12,14-16,18,20,23,26,29,32,35-37,42-46,48,50-53H2,1-2H3,(H,67,71)/b7-5-,13-11-,19-17-,22-21-,25-24-,28-27-,31-30-,34-33-,40-38-,41-39+,49-47+. The predicted octanol–water partition coefficient (Wildman–Crippen LogP) is 10.8. The summed E-state index contributed by atoms with van der Waals surface area (Å²) in [5, 5.41) is 87.0. The summed E-state index contributed by atoms with van der Waals surface area (Å²) in [6, 6.07) is -0.960. The van der Waals surface area contributed by atoms with Crippen molar-refractivity contribution in [2.45, 2.75) is 254 Å². The lowest BCUT2D eigenvalue weighted by molar-refractivity contribution is -0.359. The van der Waals surface area contributed by atoms with Gasteiger partial charge in [0.25, 0.3) is 0 Å². The van der Waals surface area contributed by atoms with Gasteiger partial charge in [0.15, 0.2) is 12.6 Å². The van der Waals surface area contributed by atoms with Gasteiger partial charge >= 0.3 is 0 Å². The number of hydrogen-bond acceptors (Lipinski definition) is 13. The molecule has 454 valence electrons. The quantitative estimate of drug-likeness (QED) is 0.0204. The van der Waals surface area contributed by atoms with E-state index in [1.807, 2.05) is 6.08 Å². The average Bonchev–Trinajstić information content (AvgIpc) is 3.46. The van der Waals surface area contributed by atoms with Crippen LogP contribution in [0, 0.1) is 0 Å². The molecule has 12 unspecified atom stereocenters. The van der Waals surface area contributed by atoms with E-state index in [9.17, 15) is 45.6 Å². The van der Waals surface area contributed by atoms with E-state index in [0.717, 1.165) is 89.9 Å². The van der Waals surface area contributed by atoms with Crippen molar-refractivity contribution in [1.82, 2.24) is 5.32 Å². The third-order valence-electron chi connectivity index (χ3n) is 13.8. The average molecular weight is 1120 g/mol. The molecule has 2 aliphatic heterocycles. The van der Waals surface area contributed by atoms with Crippen LogP contribution in [-0.2, 0) is 23.7 Å². The molecule has 14 heteroatoms. The van der Waals surface area contributed by atoms with Gasteiger partial charge in [-0.15, -0.1) is 0 Å². The number of aliphatic hydroxyl groups excluding tert-OH is 8. The Bertz CT molecular complexity index is 1850. The number of unbranched alkanes of at least 4 members (excludes halogenated alkanes) is 13. The van der Waals surface area contributed by atoms with Crippen molar-refractivity contribution in [2.75, 3.05) is 19.8 Å². The Hall–Kier alpha value is -3.87. The SMILES string of the molecule is CC/C=C\C/C=C\C/C=C\C/C=C\C/C=C\C/C=C\C/C=C\C/C=C\C/C=C\CCCCCC(=O)NC(COC1OC(CO)C(OC2OC(CO)C(O)C(O)C2O)C(O)C1O)C(O)/C=C/CC/C=C/CCCCCCCCCCC. The van der Waals surface area contributed by atoms with E-state index in [1.165, 1.54) is 57.8 Å². The minimum absolute atomic E-state index is 0.224. The number of hydrogen-bond donors (Lipinski definition) is 9. The number of ether oxygens (including phenoxy) is 4. The van der Waals surface area contributed by atoms with Crippen LogP contribution in [0.25, 0.3) is 0 Å². The van der Waals surface area contributed by atoms with Crippen molar-refractivity contribution < 1.29 is 64.6 Å². The molecule has 0 bridgehead atoms. The Kier molecular flexibility index (Phi) is 44.9. The van der Waals surface area contributed by atoms with Gasteiger partial charge in [-0.2, -0.15) is 0 Å². The third kappa shape index (κ3) is 34.5. The van der Waals surface area contributed by atoms with Crippen LogP contribution in [0.2, 0.25) is 0 Å². The predicted molar refractivity (Wildman–Crippen MR) is 322 cm³/mol. The molecule has 2 fully saturated rings. The van der Waals surface area contributed by atoms with Crippen LogP contribution in [0.5, 0.6) is 0 Å². The highest BCUT2D eigenvalue weighted by atomic mass is 16.7. The van der Waals surface area contributed by atoms with Crippen LogP contribution in [0.3, 0.4) is 0 Å². The molecule has 2 aliphatic rings. The molecule has 14 nitrogen and oxygen atoms in total. The first kappa shape index (κ1) is 72.2. The molecule has 9 N–H and O–H groups in total. The lowest BCUT2D eigenvalue weighted by atomic mass is 9.97. The Labute approximate surface area is 481 Å². The highest BCUT2D eigenvalue weighted by molar-refractivity contribution is 5.76. The van der Waals surface area contributed by atoms with E-state index >= 15 is 0 Å². The van der Waals surface area contributed by atoms with Gasteiger partial charge in [0.05, 0.1) is 32.0 Å². The molecule has 0 aromatic carbocycles. The van der Waals surface area contributed by atoms with Crippen molar-refractivity contribution in [1.29, 1.82) is 0 Å². The molecule has 1 amide bonds. The zero-order chi connectivity index (χ0) is 58.1. The summed E-state index contributed by atoms with van der Waals surface area (Å²) in [5.41, 5.74) is 0. The van der Waals surface area contributed by atoms with Gasteiger partial charge in [0, 0.05) is 6.42 Å². The molecule has 0 aromatic heterocycles. The number of carbonyl (C=O) groups excluding carboxylic acids is 1. The van der Waals surface area contributed by atoms with E-state index in [1.54, 1.807) is 6.08 Å². The second kappa shape index (κ2) is 49.7. The number of amides is 1. The highest BCUT2D eigenvalue weighted by Crippen LogP contribution is 2.30. The summed E-state index contributed by atoms with van der Waals surface area (Å²) < 4.78 is 22.7. The minimum Gasteiger partial charge on any atom is -0.394 e. The van der Waals surface area contributed by atoms with Crippen molar-refractivity contribution in [3.8, 4) is 0 Å². The fourth-order valence-electron chi connectivity index (χ4n) is 8.94. The number of nitrogens with one attached hydrogen (secondary N) is 1. The Morgan fingerprint density at radius 3 is 1.38 bits per heavy atom. The molecule has 12 atom stereocenters. The van der Waals surface area contributed by atoms with Crippen molar-refractivity contribution in [3.05, 3.63) is 134 Å². The summed E-state index contributed by atoms with van der Waals surface area (Å²) in [6.45, 7) is 2.61. The monoisotopic (exact) mass is 1120 g/mol. The number of carbonyl (C=O) groups is 1. The van der Waals surface area contributed by atoms with Crippen LogP contribution < -0.4 is 5.32 Å². The van der Waals surface area contributed by atoms with Gasteiger partial charge < -0.3 is 65.1 Å². The van der Waals surface area contributed by atoms with Crippen LogP contribution in [-0.4, -0.2) is 140 Å². The topological polar surface area (TPSA) is 228 Å². The van der Waals surface area contributed by atoms with Crippen LogP contribution in [0.4, 0.5) is 0 Å². The summed E-state index contributed by atoms with van der Waals surface area (Å²) in [5.74, 6) is -0.288. The van der Waals surface area contributed by atoms with Gasteiger partial charge in [-0.25, -0.2) is 0 Å². The first-order chi connectivity index (χ1) is 39.1. The van der Waals surface area contributed by atoms with Crippen molar-refractivity contribution in [2.24, 2.45) is 0 Å². The zero-order valence-corrected chi connectivity index (χ0v) is 48.8. The van der Waals surface area contributed by atoms with Crippen LogP contribution >= 0.6 is 0 Å². The molecule has 0 aliphatic carbocycles. The number of aliphatic hydroxyl groups is 8. The zero-order valence-electron chi connectivity index (χ0n) is 48.8. The molecule has 2 heterocycles. The molecular weight excluding hydrogens is 1010 g/mol. The van der Waals surface area contributed by atoms with Gasteiger partial charge in [0.2, 0.25) is 5.91 Å². The van der Waals surface area contributed by atoms with Gasteiger partial charge in [0.1, 0.15) is 48.8 Å². The minimum atomic E-state index is -1.80. The second-order valence-corrected chi connectivity index (χ2v) is 20.7. The van der Waals surface area contributed by atoms with E-state index in [2.05, 4.69) is 141 Å². The largest absolute Gasteiger partial charge is 0.394 e. The first-order valence-electron chi connectivity index (χ1n) is 30.4. The second-order valence-electron chi connectivity index (χ2n) is 20.7. The maximum atomic E-state index is 13.2. The summed E-state index contributed by atoms with van der Waals surface area (Å²) >= 11 is 0. The van der Waals surface area contributed by atoms with Gasteiger partial charge in [-0.05, 0) is 103 Å². The molecule has 2 saturated heterocycles. The lowest BCUT2D eigenvalue weighted by Crippen LogP contribution is -2.65. The van der Waals surface area contributed by atoms with Crippen molar-refractivity contribution in [3.63, 3.8) is 0 Å². The smallest absolute Gasteiger partial charge is 0.220 e. The highest BCUT2D eigenvalue weighted by Gasteiger charge is 2.51. The number of allylic oxidation sites excluding steroid dienone is 21. The fourth-order valence-corrected chi connectivity index (χ4v) is 8.94. The normalized spacial score (nSPS) is 25.2. The van der Waals surface area contributed by atoms with Crippen LogP contribution in [0.15, 0.2) is 134 Å². The fraction of sp³-hybridized carbons (Fsp3) is 0.652. The maximum Gasteiger partial charge on any atom is 0.220 e. The maximum absolute atomic E-state index is 13.2. The van der Waals surface area contributed by atoms with E-state index < -0.39 is 86.8 Å². The van der Waals surface area contributed by atoms with E-state index in [-0.39, 0.29) is 18.9 Å². The molecule has 80 heavy (non-hydrogen) atoms. The molecular formula is C66H107NO13. The third-order valence-corrected chi connectivity index (χ3v) is 13.8. The summed E-state index contributed by atoms with van der Waals surface area (Å²) in [7, 11) is 0. The Morgan fingerprint density at radius 2 is 0.875 bits per heavy atom. The summed E-state index contributed by atoms with van der Waals surface area (Å²) in [6.07, 6.45) is 56.3. The number of rotatable bonds is 46. The molecule has 0 saturated carbocycles. The summed E-state index contributed by atoms with van der Waals surface area (Å²) in [4.78, 5) is 13.2. The molecule has 0 radical (unpaired) electrons. The molecule has 0 aromatic rings.